The van der Waals surface area contributed by atoms with E-state index in [0.29, 0.717) is 30.9 Å². The first kappa shape index (κ1) is 26.6. The molecule has 2 aromatic rings. The lowest BCUT2D eigenvalue weighted by Crippen LogP contribution is -2.49. The third-order valence-corrected chi connectivity index (χ3v) is 6.23. The quantitative estimate of drug-likeness (QED) is 0.291. The minimum atomic E-state index is -0.905. The molecule has 2 heterocycles. The first-order chi connectivity index (χ1) is 18.2. The third kappa shape index (κ3) is 5.59. The van der Waals surface area contributed by atoms with Crippen LogP contribution >= 0.6 is 0 Å². The Morgan fingerprint density at radius 3 is 2.55 bits per heavy atom. The van der Waals surface area contributed by atoms with Crippen molar-refractivity contribution in [3.8, 4) is 0 Å². The first-order valence-corrected chi connectivity index (χ1v) is 12.3. The molecular weight excluding hydrogens is 492 g/mol. The Hall–Kier alpha value is -4.45. The molecule has 0 saturated carbocycles. The van der Waals surface area contributed by atoms with Crippen LogP contribution in [0.3, 0.4) is 0 Å². The minimum absolute atomic E-state index is 0.157. The zero-order chi connectivity index (χ0) is 27.4. The normalized spacial score (nSPS) is 17.8. The molecule has 1 unspecified atom stereocenters. The van der Waals surface area contributed by atoms with Crippen LogP contribution in [-0.4, -0.2) is 58.7 Å². The molecular formula is C26H30N6O6. The standard InChI is InChI=1S/C26H30N6O6/c1-17(2)38-24(33)22-18(3)28-25(34)29(23(22)19-9-7-12-21(15-19)32(36)37)13-8-14-31-26(35)30(16-27-31)20-10-5-4-6-11-20/h4-7,9-12,15,17,23,27H,8,13-14,16H2,1-3H3,(H,28,34). The average Bonchev–Trinajstić information content (AvgIpc) is 3.25. The Kier molecular flexibility index (Phi) is 7.91. The van der Waals surface area contributed by atoms with Crippen LogP contribution in [0.5, 0.6) is 0 Å². The molecule has 12 heteroatoms. The number of para-hydroxylation sites is 1. The lowest BCUT2D eigenvalue weighted by molar-refractivity contribution is -0.384. The van der Waals surface area contributed by atoms with Crippen molar-refractivity contribution in [2.24, 2.45) is 0 Å². The Morgan fingerprint density at radius 2 is 1.87 bits per heavy atom. The number of hydrazine groups is 1. The number of non-ortho nitro benzene ring substituents is 1. The number of nitro benzene ring substituents is 1. The third-order valence-electron chi connectivity index (χ3n) is 6.23. The highest BCUT2D eigenvalue weighted by Gasteiger charge is 2.39. The fourth-order valence-corrected chi connectivity index (χ4v) is 4.53. The summed E-state index contributed by atoms with van der Waals surface area (Å²) in [4.78, 5) is 53.1. The zero-order valence-corrected chi connectivity index (χ0v) is 21.4. The lowest BCUT2D eigenvalue weighted by atomic mass is 9.93. The van der Waals surface area contributed by atoms with Crippen LogP contribution in [-0.2, 0) is 9.53 Å². The number of carbonyl (C=O) groups is 3. The fourth-order valence-electron chi connectivity index (χ4n) is 4.53. The van der Waals surface area contributed by atoms with Crippen LogP contribution in [0.1, 0.15) is 38.8 Å². The summed E-state index contributed by atoms with van der Waals surface area (Å²) >= 11 is 0. The molecule has 38 heavy (non-hydrogen) atoms. The maximum atomic E-state index is 13.1. The van der Waals surface area contributed by atoms with Gasteiger partial charge in [0.25, 0.3) is 5.69 Å². The topological polar surface area (TPSA) is 137 Å². The number of anilines is 1. The van der Waals surface area contributed by atoms with Gasteiger partial charge in [0.15, 0.2) is 0 Å². The number of rotatable bonds is 9. The number of hydrogen-bond donors (Lipinski definition) is 2. The van der Waals surface area contributed by atoms with Gasteiger partial charge in [-0.1, -0.05) is 30.3 Å². The molecule has 1 atom stereocenters. The van der Waals surface area contributed by atoms with Gasteiger partial charge in [-0.05, 0) is 44.9 Å². The molecule has 200 valence electrons. The summed E-state index contributed by atoms with van der Waals surface area (Å²) in [6, 6.07) is 13.6. The van der Waals surface area contributed by atoms with Gasteiger partial charge < -0.3 is 15.0 Å². The lowest BCUT2D eigenvalue weighted by Gasteiger charge is -2.38. The highest BCUT2D eigenvalue weighted by atomic mass is 16.6. The number of esters is 1. The second-order valence-electron chi connectivity index (χ2n) is 9.24. The Morgan fingerprint density at radius 1 is 1.13 bits per heavy atom. The van der Waals surface area contributed by atoms with Crippen molar-refractivity contribution in [2.45, 2.75) is 39.3 Å². The number of benzene rings is 2. The molecule has 0 spiro atoms. The number of hydrogen-bond acceptors (Lipinski definition) is 7. The fraction of sp³-hybridized carbons (Fsp3) is 0.346. The molecule has 0 radical (unpaired) electrons. The summed E-state index contributed by atoms with van der Waals surface area (Å²) in [5.41, 5.74) is 4.60. The van der Waals surface area contributed by atoms with Gasteiger partial charge in [0, 0.05) is 36.6 Å². The molecule has 0 bridgehead atoms. The number of nitrogens with one attached hydrogen (secondary N) is 2. The number of allylic oxidation sites excluding steroid dienone is 1. The number of nitro groups is 1. The molecule has 1 fully saturated rings. The van der Waals surface area contributed by atoms with E-state index in [4.69, 9.17) is 4.74 Å². The summed E-state index contributed by atoms with van der Waals surface area (Å²) in [5, 5.41) is 15.6. The monoisotopic (exact) mass is 522 g/mol. The molecule has 4 amide bonds. The van der Waals surface area contributed by atoms with Crippen LogP contribution in [0.25, 0.3) is 0 Å². The van der Waals surface area contributed by atoms with Gasteiger partial charge in [-0.25, -0.2) is 19.8 Å². The van der Waals surface area contributed by atoms with Gasteiger partial charge in [0.1, 0.15) is 0 Å². The van der Waals surface area contributed by atoms with E-state index in [2.05, 4.69) is 10.7 Å². The smallest absolute Gasteiger partial charge is 0.340 e. The van der Waals surface area contributed by atoms with Crippen molar-refractivity contribution in [3.05, 3.63) is 81.5 Å². The predicted molar refractivity (Wildman–Crippen MR) is 139 cm³/mol. The molecule has 2 aliphatic heterocycles. The maximum Gasteiger partial charge on any atom is 0.340 e. The van der Waals surface area contributed by atoms with Gasteiger partial charge in [-0.15, -0.1) is 0 Å². The van der Waals surface area contributed by atoms with Crippen LogP contribution in [0, 0.1) is 10.1 Å². The predicted octanol–water partition coefficient (Wildman–Crippen LogP) is 3.68. The first-order valence-electron chi connectivity index (χ1n) is 12.3. The summed E-state index contributed by atoms with van der Waals surface area (Å²) in [7, 11) is 0. The summed E-state index contributed by atoms with van der Waals surface area (Å²) in [5.74, 6) is -0.617. The number of carbonyl (C=O) groups excluding carboxylic acids is 3. The van der Waals surface area contributed by atoms with Crippen molar-refractivity contribution >= 4 is 29.4 Å². The van der Waals surface area contributed by atoms with E-state index >= 15 is 0 Å². The Bertz CT molecular complexity index is 1260. The van der Waals surface area contributed by atoms with Crippen LogP contribution in [0.15, 0.2) is 65.9 Å². The van der Waals surface area contributed by atoms with Crippen molar-refractivity contribution in [3.63, 3.8) is 0 Å². The number of urea groups is 2. The highest BCUT2D eigenvalue weighted by molar-refractivity contribution is 5.95. The van der Waals surface area contributed by atoms with Crippen molar-refractivity contribution in [1.82, 2.24) is 20.7 Å². The molecule has 1 saturated heterocycles. The Labute approximate surface area is 219 Å². The van der Waals surface area contributed by atoms with Crippen molar-refractivity contribution in [2.75, 3.05) is 24.7 Å². The zero-order valence-electron chi connectivity index (χ0n) is 21.4. The molecule has 12 nitrogen and oxygen atoms in total. The number of amides is 4. The van der Waals surface area contributed by atoms with Crippen LogP contribution < -0.4 is 15.6 Å². The van der Waals surface area contributed by atoms with E-state index in [1.807, 2.05) is 30.3 Å². The number of ether oxygens (including phenoxy) is 1. The number of nitrogens with zero attached hydrogens (tertiary/aromatic N) is 4. The van der Waals surface area contributed by atoms with Gasteiger partial charge in [-0.2, -0.15) is 0 Å². The van der Waals surface area contributed by atoms with Crippen LogP contribution in [0.4, 0.5) is 21.0 Å². The van der Waals surface area contributed by atoms with Gasteiger partial charge in [-0.3, -0.25) is 20.0 Å². The second kappa shape index (κ2) is 11.3. The molecule has 4 rings (SSSR count). The average molecular weight is 523 g/mol. The second-order valence-corrected chi connectivity index (χ2v) is 9.24. The molecule has 0 aromatic heterocycles. The summed E-state index contributed by atoms with van der Waals surface area (Å²) in [6.07, 6.45) is -0.0226. The maximum absolute atomic E-state index is 13.1. The van der Waals surface area contributed by atoms with Gasteiger partial charge in [0.05, 0.1) is 29.3 Å². The van der Waals surface area contributed by atoms with E-state index in [1.54, 1.807) is 31.7 Å². The van der Waals surface area contributed by atoms with Crippen molar-refractivity contribution < 1.29 is 24.0 Å². The van der Waals surface area contributed by atoms with Gasteiger partial charge >= 0.3 is 18.0 Å². The Balaban J connectivity index is 1.56. The molecule has 2 aromatic carbocycles. The van der Waals surface area contributed by atoms with Crippen molar-refractivity contribution in [1.29, 1.82) is 0 Å². The molecule has 0 aliphatic carbocycles. The highest BCUT2D eigenvalue weighted by Crippen LogP contribution is 2.36. The van der Waals surface area contributed by atoms with E-state index in [1.165, 1.54) is 28.1 Å². The summed E-state index contributed by atoms with van der Waals surface area (Å²) in [6.45, 7) is 5.81. The molecule has 2 aliphatic rings. The largest absolute Gasteiger partial charge is 0.459 e. The van der Waals surface area contributed by atoms with E-state index < -0.39 is 29.1 Å². The molecule has 2 N–H and O–H groups in total. The van der Waals surface area contributed by atoms with E-state index in [9.17, 15) is 24.5 Å². The minimum Gasteiger partial charge on any atom is -0.459 e. The van der Waals surface area contributed by atoms with Crippen LogP contribution in [0.2, 0.25) is 0 Å². The SMILES string of the molecule is CC1=C(C(=O)OC(C)C)C(c2cccc([N+](=O)[O-])c2)N(CCCN2NCN(c3ccccc3)C2=O)C(=O)N1. The van der Waals surface area contributed by atoms with E-state index in [0.717, 1.165) is 5.69 Å². The van der Waals surface area contributed by atoms with Gasteiger partial charge in [0.2, 0.25) is 0 Å². The van der Waals surface area contributed by atoms with E-state index in [-0.39, 0.29) is 23.8 Å². The summed E-state index contributed by atoms with van der Waals surface area (Å²) < 4.78 is 5.45.